The van der Waals surface area contributed by atoms with Crippen LogP contribution in [-0.4, -0.2) is 32.5 Å². The Labute approximate surface area is 122 Å². The summed E-state index contributed by atoms with van der Waals surface area (Å²) in [4.78, 5) is 11.8. The Morgan fingerprint density at radius 2 is 1.95 bits per heavy atom. The summed E-state index contributed by atoms with van der Waals surface area (Å²) >= 11 is 0. The van der Waals surface area contributed by atoms with E-state index in [9.17, 15) is 4.79 Å². The van der Waals surface area contributed by atoms with Crippen LogP contribution in [0.4, 0.5) is 4.79 Å². The molecule has 0 unspecified atom stereocenters. The SMILES string of the molecule is C[Si](C)(C)CCOC(=O)N[C@@H](CCO)c1ccccc1. The van der Waals surface area contributed by atoms with Gasteiger partial charge in [-0.3, -0.25) is 0 Å². The van der Waals surface area contributed by atoms with Gasteiger partial charge in [-0.2, -0.15) is 0 Å². The fraction of sp³-hybridized carbons (Fsp3) is 0.533. The molecule has 2 N–H and O–H groups in total. The molecule has 0 radical (unpaired) electrons. The van der Waals surface area contributed by atoms with Gasteiger partial charge in [-0.25, -0.2) is 4.79 Å². The van der Waals surface area contributed by atoms with Gasteiger partial charge in [-0.05, 0) is 18.0 Å². The van der Waals surface area contributed by atoms with Gasteiger partial charge in [0.05, 0.1) is 12.6 Å². The van der Waals surface area contributed by atoms with E-state index >= 15 is 0 Å². The molecule has 0 aromatic heterocycles. The van der Waals surface area contributed by atoms with Gasteiger partial charge in [0.15, 0.2) is 0 Å². The number of amides is 1. The maximum absolute atomic E-state index is 11.8. The van der Waals surface area contributed by atoms with Crippen molar-refractivity contribution in [2.75, 3.05) is 13.2 Å². The molecule has 1 aromatic rings. The molecule has 1 amide bonds. The Morgan fingerprint density at radius 3 is 2.50 bits per heavy atom. The number of ether oxygens (including phenoxy) is 1. The summed E-state index contributed by atoms with van der Waals surface area (Å²) in [5, 5.41) is 11.9. The summed E-state index contributed by atoms with van der Waals surface area (Å²) in [6.45, 7) is 7.21. The van der Waals surface area contributed by atoms with Crippen molar-refractivity contribution >= 4 is 14.2 Å². The van der Waals surface area contributed by atoms with Gasteiger partial charge in [0, 0.05) is 14.7 Å². The van der Waals surface area contributed by atoms with E-state index in [1.165, 1.54) is 0 Å². The molecule has 0 saturated carbocycles. The molecule has 0 heterocycles. The van der Waals surface area contributed by atoms with Crippen molar-refractivity contribution in [1.29, 1.82) is 0 Å². The molecule has 112 valence electrons. The van der Waals surface area contributed by atoms with Gasteiger partial charge < -0.3 is 15.2 Å². The maximum atomic E-state index is 11.8. The van der Waals surface area contributed by atoms with Crippen LogP contribution in [0.25, 0.3) is 0 Å². The molecule has 20 heavy (non-hydrogen) atoms. The maximum Gasteiger partial charge on any atom is 0.407 e. The number of aliphatic hydroxyl groups is 1. The molecule has 0 aliphatic carbocycles. The number of hydrogen-bond acceptors (Lipinski definition) is 3. The van der Waals surface area contributed by atoms with Crippen LogP contribution in [0.3, 0.4) is 0 Å². The predicted octanol–water partition coefficient (Wildman–Crippen LogP) is 3.17. The van der Waals surface area contributed by atoms with E-state index in [2.05, 4.69) is 25.0 Å². The molecule has 5 heteroatoms. The normalized spacial score (nSPS) is 12.8. The molecule has 0 aliphatic heterocycles. The first kappa shape index (κ1) is 16.7. The molecule has 1 atom stereocenters. The molecular weight excluding hydrogens is 270 g/mol. The molecule has 0 bridgehead atoms. The fourth-order valence-corrected chi connectivity index (χ4v) is 2.48. The van der Waals surface area contributed by atoms with E-state index < -0.39 is 14.2 Å². The number of aliphatic hydroxyl groups excluding tert-OH is 1. The summed E-state index contributed by atoms with van der Waals surface area (Å²) in [6.07, 6.45) is 0.0678. The highest BCUT2D eigenvalue weighted by molar-refractivity contribution is 6.76. The van der Waals surface area contributed by atoms with Crippen molar-refractivity contribution in [3.05, 3.63) is 35.9 Å². The second-order valence-corrected chi connectivity index (χ2v) is 11.7. The summed E-state index contributed by atoms with van der Waals surface area (Å²) in [7, 11) is -1.19. The second kappa shape index (κ2) is 8.07. The van der Waals surface area contributed by atoms with Crippen molar-refractivity contribution in [2.45, 2.75) is 38.1 Å². The third-order valence-electron chi connectivity index (χ3n) is 3.00. The van der Waals surface area contributed by atoms with Crippen LogP contribution in [0.2, 0.25) is 25.7 Å². The minimum Gasteiger partial charge on any atom is -0.450 e. The van der Waals surface area contributed by atoms with E-state index in [4.69, 9.17) is 9.84 Å². The fourth-order valence-electron chi connectivity index (χ4n) is 1.77. The van der Waals surface area contributed by atoms with E-state index in [-0.39, 0.29) is 12.6 Å². The number of nitrogens with one attached hydrogen (secondary N) is 1. The Bertz CT molecular complexity index is 403. The summed E-state index contributed by atoms with van der Waals surface area (Å²) in [5.74, 6) is 0. The number of alkyl carbamates (subject to hydrolysis) is 1. The highest BCUT2D eigenvalue weighted by atomic mass is 28.3. The van der Waals surface area contributed by atoms with Crippen LogP contribution in [0, 0.1) is 0 Å². The van der Waals surface area contributed by atoms with Crippen LogP contribution in [0.5, 0.6) is 0 Å². The van der Waals surface area contributed by atoms with Crippen LogP contribution in [0.15, 0.2) is 30.3 Å². The molecular formula is C15H25NO3Si. The van der Waals surface area contributed by atoms with Gasteiger partial charge >= 0.3 is 6.09 Å². The van der Waals surface area contributed by atoms with Crippen LogP contribution < -0.4 is 5.32 Å². The van der Waals surface area contributed by atoms with E-state index in [1.807, 2.05) is 30.3 Å². The molecule has 4 nitrogen and oxygen atoms in total. The summed E-state index contributed by atoms with van der Waals surface area (Å²) in [5.41, 5.74) is 0.976. The zero-order valence-corrected chi connectivity index (χ0v) is 13.6. The van der Waals surface area contributed by atoms with Crippen molar-refractivity contribution < 1.29 is 14.6 Å². The number of rotatable bonds is 7. The zero-order chi connectivity index (χ0) is 15.0. The summed E-state index contributed by atoms with van der Waals surface area (Å²) in [6, 6.07) is 10.4. The van der Waals surface area contributed by atoms with Crippen molar-refractivity contribution in [1.82, 2.24) is 5.32 Å². The van der Waals surface area contributed by atoms with Gasteiger partial charge in [-0.1, -0.05) is 50.0 Å². The number of hydrogen-bond donors (Lipinski definition) is 2. The predicted molar refractivity (Wildman–Crippen MR) is 83.5 cm³/mol. The average Bonchev–Trinajstić information content (AvgIpc) is 2.38. The molecule has 1 aromatic carbocycles. The van der Waals surface area contributed by atoms with Gasteiger partial charge in [0.1, 0.15) is 0 Å². The van der Waals surface area contributed by atoms with E-state index in [0.29, 0.717) is 13.0 Å². The average molecular weight is 295 g/mol. The minimum atomic E-state index is -1.19. The largest absolute Gasteiger partial charge is 0.450 e. The van der Waals surface area contributed by atoms with Gasteiger partial charge in [-0.15, -0.1) is 0 Å². The Hall–Kier alpha value is -1.33. The summed E-state index contributed by atoms with van der Waals surface area (Å²) < 4.78 is 5.22. The minimum absolute atomic E-state index is 0.0226. The first-order valence-electron chi connectivity index (χ1n) is 7.01. The molecule has 1 rings (SSSR count). The Morgan fingerprint density at radius 1 is 1.30 bits per heavy atom. The third kappa shape index (κ3) is 6.72. The first-order chi connectivity index (χ1) is 9.42. The molecule has 0 aliphatic rings. The van der Waals surface area contributed by atoms with Crippen LogP contribution in [0.1, 0.15) is 18.0 Å². The Kier molecular flexibility index (Phi) is 6.74. The van der Waals surface area contributed by atoms with E-state index in [0.717, 1.165) is 11.6 Å². The van der Waals surface area contributed by atoms with Crippen molar-refractivity contribution in [2.24, 2.45) is 0 Å². The Balaban J connectivity index is 2.48. The second-order valence-electron chi connectivity index (χ2n) is 6.07. The lowest BCUT2D eigenvalue weighted by atomic mass is 10.0. The number of carbonyl (C=O) groups is 1. The molecule has 0 fully saturated rings. The number of carbonyl (C=O) groups excluding carboxylic acids is 1. The smallest absolute Gasteiger partial charge is 0.407 e. The van der Waals surface area contributed by atoms with Crippen molar-refractivity contribution in [3.63, 3.8) is 0 Å². The topological polar surface area (TPSA) is 58.6 Å². The van der Waals surface area contributed by atoms with Crippen molar-refractivity contribution in [3.8, 4) is 0 Å². The third-order valence-corrected chi connectivity index (χ3v) is 4.70. The quantitative estimate of drug-likeness (QED) is 0.760. The van der Waals surface area contributed by atoms with Gasteiger partial charge in [0.2, 0.25) is 0 Å². The highest BCUT2D eigenvalue weighted by Gasteiger charge is 2.17. The lowest BCUT2D eigenvalue weighted by Gasteiger charge is -2.19. The molecule has 0 spiro atoms. The van der Waals surface area contributed by atoms with Crippen LogP contribution in [-0.2, 0) is 4.74 Å². The zero-order valence-electron chi connectivity index (χ0n) is 12.6. The first-order valence-corrected chi connectivity index (χ1v) is 10.7. The standard InChI is InChI=1S/C15H25NO3Si/c1-20(2,3)12-11-19-15(18)16-14(9-10-17)13-7-5-4-6-8-13/h4-8,14,17H,9-12H2,1-3H3,(H,16,18)/t14-/m0/s1. The highest BCUT2D eigenvalue weighted by Crippen LogP contribution is 2.16. The lowest BCUT2D eigenvalue weighted by molar-refractivity contribution is 0.145. The number of benzene rings is 1. The monoisotopic (exact) mass is 295 g/mol. The van der Waals surface area contributed by atoms with Gasteiger partial charge in [0.25, 0.3) is 0 Å². The van der Waals surface area contributed by atoms with Crippen LogP contribution >= 0.6 is 0 Å². The lowest BCUT2D eigenvalue weighted by Crippen LogP contribution is -2.31. The van der Waals surface area contributed by atoms with E-state index in [1.54, 1.807) is 0 Å². The molecule has 0 saturated heterocycles.